The Bertz CT molecular complexity index is 2630. The highest BCUT2D eigenvalue weighted by Gasteiger charge is 2.46. The number of hydrogen-bond donors (Lipinski definition) is 3. The number of benzene rings is 2. The Hall–Kier alpha value is -5.91. The molecule has 4 fully saturated rings. The number of aromatic nitrogens is 3. The number of anilines is 3. The number of ether oxygens (including phenoxy) is 2. The molecular weight excluding hydrogens is 854 g/mol. The van der Waals surface area contributed by atoms with Gasteiger partial charge in [0, 0.05) is 49.7 Å². The van der Waals surface area contributed by atoms with Crippen molar-refractivity contribution in [3.8, 4) is 5.75 Å². The molecule has 1 saturated carbocycles. The van der Waals surface area contributed by atoms with Crippen LogP contribution in [0.3, 0.4) is 0 Å². The van der Waals surface area contributed by atoms with Gasteiger partial charge in [0.1, 0.15) is 11.1 Å². The molecule has 1 unspecified atom stereocenters. The second kappa shape index (κ2) is 18.2. The van der Waals surface area contributed by atoms with E-state index >= 15 is 0 Å². The zero-order valence-corrected chi connectivity index (χ0v) is 37.8. The minimum atomic E-state index is -0.975. The molecule has 5 amide bonds. The molecule has 17 nitrogen and oxygen atoms in total. The fraction of sp³-hybridized carbons (Fsp3) is 0.489. The zero-order valence-electron chi connectivity index (χ0n) is 37.0. The van der Waals surface area contributed by atoms with Crippen molar-refractivity contribution in [2.24, 2.45) is 0 Å². The standard InChI is InChI=1S/C47H54ClN9O8/c1-25(2)56-36-8-5-29(19-28(36)20-38(45(56)62)64-24-40(59)49-4)51-42-35(48)23-50-47(53-42)55-17-13-31(14-18-55)65-32-21-30(22-32)54-15-11-27(12-16-54)33-6-7-34-41(26(33)3)46(63)57(44(34)61)37-9-10-39(58)52-43(37)60/h5-8,19-20,23,25,27,30-32,37H,9-18,21-22,24H2,1-4H3,(H,49,59)(H,50,51,53)(H,52,58,60). The maximum Gasteiger partial charge on any atom is 0.293 e. The highest BCUT2D eigenvalue weighted by molar-refractivity contribution is 6.33. The summed E-state index contributed by atoms with van der Waals surface area (Å²) in [7, 11) is 1.51. The van der Waals surface area contributed by atoms with Crippen LogP contribution >= 0.6 is 11.6 Å². The largest absolute Gasteiger partial charge is 0.478 e. The number of rotatable bonds is 12. The van der Waals surface area contributed by atoms with E-state index in [0.29, 0.717) is 39.6 Å². The van der Waals surface area contributed by atoms with Gasteiger partial charge >= 0.3 is 0 Å². The molecule has 5 aliphatic rings. The molecular formula is C47H54ClN9O8. The van der Waals surface area contributed by atoms with Gasteiger partial charge in [-0.05, 0) is 126 Å². The Kier molecular flexibility index (Phi) is 12.4. The summed E-state index contributed by atoms with van der Waals surface area (Å²) in [5, 5.41) is 9.21. The highest BCUT2D eigenvalue weighted by atomic mass is 35.5. The number of piperidine rings is 3. The lowest BCUT2D eigenvalue weighted by atomic mass is 9.81. The van der Waals surface area contributed by atoms with E-state index in [0.717, 1.165) is 91.6 Å². The van der Waals surface area contributed by atoms with E-state index in [1.54, 1.807) is 22.9 Å². The van der Waals surface area contributed by atoms with Gasteiger partial charge < -0.3 is 34.5 Å². The predicted molar refractivity (Wildman–Crippen MR) is 243 cm³/mol. The molecule has 0 bridgehead atoms. The number of likely N-dealkylation sites (N-methyl/N-ethyl adjacent to an activating group) is 1. The monoisotopic (exact) mass is 907 g/mol. The topological polar surface area (TPSA) is 197 Å². The molecule has 9 rings (SSSR count). The van der Waals surface area contributed by atoms with Gasteiger partial charge in [0.05, 0.1) is 35.0 Å². The van der Waals surface area contributed by atoms with Crippen LogP contribution in [0.4, 0.5) is 17.5 Å². The molecule has 342 valence electrons. The number of amides is 5. The normalized spacial score (nSPS) is 22.0. The fourth-order valence-corrected chi connectivity index (χ4v) is 10.3. The minimum Gasteiger partial charge on any atom is -0.478 e. The van der Waals surface area contributed by atoms with Crippen LogP contribution in [0.25, 0.3) is 10.9 Å². The van der Waals surface area contributed by atoms with Crippen LogP contribution in [0.15, 0.2) is 47.4 Å². The van der Waals surface area contributed by atoms with E-state index in [9.17, 15) is 28.8 Å². The van der Waals surface area contributed by atoms with Gasteiger partial charge in [0.15, 0.2) is 18.2 Å². The van der Waals surface area contributed by atoms with Gasteiger partial charge in [-0.2, -0.15) is 4.98 Å². The Morgan fingerprint density at radius 1 is 0.938 bits per heavy atom. The quantitative estimate of drug-likeness (QED) is 0.161. The first-order chi connectivity index (χ1) is 31.3. The van der Waals surface area contributed by atoms with Crippen molar-refractivity contribution < 1.29 is 33.4 Å². The molecule has 6 heterocycles. The van der Waals surface area contributed by atoms with E-state index in [-0.39, 0.29) is 60.8 Å². The Morgan fingerprint density at radius 2 is 1.69 bits per heavy atom. The number of hydrogen-bond acceptors (Lipinski definition) is 13. The third kappa shape index (κ3) is 8.68. The van der Waals surface area contributed by atoms with Crippen LogP contribution in [0.1, 0.15) is 109 Å². The van der Waals surface area contributed by atoms with Crippen LogP contribution in [-0.2, 0) is 19.1 Å². The van der Waals surface area contributed by atoms with E-state index in [2.05, 4.69) is 30.7 Å². The SMILES string of the molecule is CNC(=O)COc1cc2cc(Nc3nc(N4CCC(OC5CC(N6CCC(c7ccc8c(c7C)C(=O)N(C7CCC(=O)NC7=O)C8=O)CC6)C5)CC4)ncc3Cl)ccc2n(C(C)C)c1=O. The molecule has 1 aliphatic carbocycles. The average Bonchev–Trinajstić information content (AvgIpc) is 3.53. The van der Waals surface area contributed by atoms with Crippen molar-refractivity contribution in [2.75, 3.05) is 50.1 Å². The number of pyridine rings is 1. The van der Waals surface area contributed by atoms with Gasteiger partial charge in [0.2, 0.25) is 17.8 Å². The van der Waals surface area contributed by atoms with Crippen LogP contribution < -0.4 is 31.1 Å². The van der Waals surface area contributed by atoms with Crippen molar-refractivity contribution >= 4 is 69.5 Å². The summed E-state index contributed by atoms with van der Waals surface area (Å²) in [6.45, 7) is 8.85. The Morgan fingerprint density at radius 3 is 2.40 bits per heavy atom. The van der Waals surface area contributed by atoms with Crippen LogP contribution in [0, 0.1) is 6.92 Å². The summed E-state index contributed by atoms with van der Waals surface area (Å²) in [5.41, 5.74) is 3.73. The number of nitrogens with one attached hydrogen (secondary N) is 3. The minimum absolute atomic E-state index is 0.0874. The summed E-state index contributed by atoms with van der Waals surface area (Å²) in [5.74, 6) is -0.870. The van der Waals surface area contributed by atoms with Gasteiger partial charge in [-0.15, -0.1) is 0 Å². The summed E-state index contributed by atoms with van der Waals surface area (Å²) < 4.78 is 13.9. The first-order valence-electron chi connectivity index (χ1n) is 22.6. The Labute approximate surface area is 381 Å². The maximum absolute atomic E-state index is 13.6. The lowest BCUT2D eigenvalue weighted by molar-refractivity contribution is -0.136. The number of nitrogens with zero attached hydrogens (tertiary/aromatic N) is 6. The molecule has 4 aliphatic heterocycles. The number of imide groups is 2. The third-order valence-corrected chi connectivity index (χ3v) is 14.0. The van der Waals surface area contributed by atoms with Crippen molar-refractivity contribution in [3.05, 3.63) is 80.2 Å². The van der Waals surface area contributed by atoms with Crippen molar-refractivity contribution in [1.82, 2.24) is 35.0 Å². The number of fused-ring (bicyclic) bond motifs is 2. The van der Waals surface area contributed by atoms with Gasteiger partial charge in [-0.3, -0.25) is 39.0 Å². The molecule has 3 saturated heterocycles. The summed E-state index contributed by atoms with van der Waals surface area (Å²) in [4.78, 5) is 91.4. The lowest BCUT2D eigenvalue weighted by Gasteiger charge is -2.47. The molecule has 1 atom stereocenters. The summed E-state index contributed by atoms with van der Waals surface area (Å²) in [6.07, 6.45) is 7.81. The number of likely N-dealkylation sites (tertiary alicyclic amines) is 1. The van der Waals surface area contributed by atoms with Crippen LogP contribution in [-0.4, -0.2) is 118 Å². The fourth-order valence-electron chi connectivity index (χ4n) is 10.1. The van der Waals surface area contributed by atoms with Crippen molar-refractivity contribution in [3.63, 3.8) is 0 Å². The maximum atomic E-state index is 13.6. The molecule has 18 heteroatoms. The lowest BCUT2D eigenvalue weighted by Crippen LogP contribution is -2.54. The van der Waals surface area contributed by atoms with E-state index < -0.39 is 29.7 Å². The van der Waals surface area contributed by atoms with Crippen molar-refractivity contribution in [2.45, 2.75) is 108 Å². The first kappa shape index (κ1) is 44.3. The molecule has 2 aromatic carbocycles. The predicted octanol–water partition coefficient (Wildman–Crippen LogP) is 5.00. The summed E-state index contributed by atoms with van der Waals surface area (Å²) >= 11 is 6.60. The zero-order chi connectivity index (χ0) is 45.7. The first-order valence-corrected chi connectivity index (χ1v) is 23.0. The molecule has 2 aromatic heterocycles. The number of carbonyl (C=O) groups excluding carboxylic acids is 5. The van der Waals surface area contributed by atoms with E-state index in [4.69, 9.17) is 26.1 Å². The average molecular weight is 908 g/mol. The molecule has 0 spiro atoms. The third-order valence-electron chi connectivity index (χ3n) is 13.7. The Balaban J connectivity index is 0.752. The highest BCUT2D eigenvalue weighted by Crippen LogP contribution is 2.40. The van der Waals surface area contributed by atoms with Gasteiger partial charge in [-0.1, -0.05) is 17.7 Å². The molecule has 65 heavy (non-hydrogen) atoms. The van der Waals surface area contributed by atoms with Crippen molar-refractivity contribution in [1.29, 1.82) is 0 Å². The van der Waals surface area contributed by atoms with Crippen LogP contribution in [0.2, 0.25) is 5.02 Å². The number of halogens is 1. The summed E-state index contributed by atoms with van der Waals surface area (Å²) in [6, 6.07) is 10.3. The van der Waals surface area contributed by atoms with E-state index in [1.807, 2.05) is 45.0 Å². The van der Waals surface area contributed by atoms with E-state index in [1.165, 1.54) is 7.05 Å². The molecule has 4 aromatic rings. The van der Waals surface area contributed by atoms with Gasteiger partial charge in [0.25, 0.3) is 23.3 Å². The second-order valence-corrected chi connectivity index (χ2v) is 18.4. The smallest absolute Gasteiger partial charge is 0.293 e. The van der Waals surface area contributed by atoms with Gasteiger partial charge in [-0.25, -0.2) is 4.98 Å². The molecule has 3 N–H and O–H groups in total. The van der Waals surface area contributed by atoms with Crippen LogP contribution in [0.5, 0.6) is 5.75 Å². The second-order valence-electron chi connectivity index (χ2n) is 18.0. The molecule has 0 radical (unpaired) electrons. The number of carbonyl (C=O) groups is 5.